The average molecular weight is 198 g/mol. The van der Waals surface area contributed by atoms with Gasteiger partial charge >= 0.3 is 0 Å². The Morgan fingerprint density at radius 1 is 1.25 bits per heavy atom. The van der Waals surface area contributed by atoms with Crippen LogP contribution in [0.1, 0.15) is 19.4 Å². The molecule has 0 fully saturated rings. The van der Waals surface area contributed by atoms with Gasteiger partial charge in [0.15, 0.2) is 0 Å². The Hall–Kier alpha value is -0.0800. The Morgan fingerprint density at radius 2 is 1.92 bits per heavy atom. The van der Waals surface area contributed by atoms with E-state index < -0.39 is 0 Å². The fourth-order valence-corrected chi connectivity index (χ4v) is 1.64. The van der Waals surface area contributed by atoms with Crippen molar-refractivity contribution in [2.45, 2.75) is 30.1 Å². The molecule has 0 aromatic heterocycles. The quantitative estimate of drug-likeness (QED) is 0.668. The topological polar surface area (TPSA) is 0 Å². The molecule has 0 amide bonds. The predicted octanol–water partition coefficient (Wildman–Crippen LogP) is 3.46. The molecule has 0 bridgehead atoms. The zero-order valence-electron chi connectivity index (χ0n) is 7.41. The van der Waals surface area contributed by atoms with Crippen molar-refractivity contribution in [3.63, 3.8) is 0 Å². The lowest BCUT2D eigenvalue weighted by atomic mass is 10.0. The number of benzene rings is 1. The molecule has 0 radical (unpaired) electrons. The zero-order valence-corrected chi connectivity index (χ0v) is 9.20. The second-order valence-corrected chi connectivity index (χ2v) is 4.41. The van der Waals surface area contributed by atoms with E-state index in [9.17, 15) is 0 Å². The van der Waals surface area contributed by atoms with Crippen LogP contribution >= 0.6 is 25.3 Å². The first-order chi connectivity index (χ1) is 5.59. The molecule has 0 aliphatic carbocycles. The minimum Gasteiger partial charge on any atom is -0.143 e. The monoisotopic (exact) mass is 198 g/mol. The van der Waals surface area contributed by atoms with Crippen LogP contribution in [0.4, 0.5) is 0 Å². The lowest BCUT2D eigenvalue weighted by molar-refractivity contribution is 0.640. The SMILES string of the molecule is CC(C)Cc1cc(S)ccc1S. The van der Waals surface area contributed by atoms with Crippen molar-refractivity contribution in [1.29, 1.82) is 0 Å². The molecule has 0 aliphatic heterocycles. The highest BCUT2D eigenvalue weighted by Crippen LogP contribution is 2.20. The van der Waals surface area contributed by atoms with E-state index >= 15 is 0 Å². The van der Waals surface area contributed by atoms with Gasteiger partial charge in [0.1, 0.15) is 0 Å². The lowest BCUT2D eigenvalue weighted by Crippen LogP contribution is -1.95. The molecule has 0 N–H and O–H groups in total. The van der Waals surface area contributed by atoms with Crippen LogP contribution in [-0.4, -0.2) is 0 Å². The van der Waals surface area contributed by atoms with Crippen LogP contribution in [-0.2, 0) is 6.42 Å². The Kier molecular flexibility index (Phi) is 3.53. The summed E-state index contributed by atoms with van der Waals surface area (Å²) in [5, 5.41) is 0. The second-order valence-electron chi connectivity index (χ2n) is 3.41. The van der Waals surface area contributed by atoms with Crippen LogP contribution in [0.3, 0.4) is 0 Å². The highest BCUT2D eigenvalue weighted by molar-refractivity contribution is 7.80. The minimum atomic E-state index is 0.672. The Morgan fingerprint density at radius 3 is 2.50 bits per heavy atom. The first kappa shape index (κ1) is 10.0. The number of hydrogen-bond donors (Lipinski definition) is 2. The van der Waals surface area contributed by atoms with Gasteiger partial charge in [-0.05, 0) is 36.1 Å². The summed E-state index contributed by atoms with van der Waals surface area (Å²) < 4.78 is 0. The summed E-state index contributed by atoms with van der Waals surface area (Å²) in [6.07, 6.45) is 1.08. The molecule has 1 rings (SSSR count). The Bertz CT molecular complexity index is 267. The fraction of sp³-hybridized carbons (Fsp3) is 0.400. The maximum atomic E-state index is 4.39. The second kappa shape index (κ2) is 4.24. The summed E-state index contributed by atoms with van der Waals surface area (Å²) in [7, 11) is 0. The smallest absolute Gasteiger partial charge is 0.00729 e. The molecule has 0 saturated carbocycles. The van der Waals surface area contributed by atoms with Gasteiger partial charge in [-0.25, -0.2) is 0 Å². The summed E-state index contributed by atoms with van der Waals surface area (Å²) in [5.41, 5.74) is 1.29. The average Bonchev–Trinajstić information content (AvgIpc) is 1.96. The summed E-state index contributed by atoms with van der Waals surface area (Å²) in [6.45, 7) is 4.41. The van der Waals surface area contributed by atoms with E-state index in [1.54, 1.807) is 0 Å². The zero-order chi connectivity index (χ0) is 9.14. The van der Waals surface area contributed by atoms with Crippen LogP contribution in [0.25, 0.3) is 0 Å². The molecule has 0 nitrogen and oxygen atoms in total. The summed E-state index contributed by atoms with van der Waals surface area (Å²) >= 11 is 8.68. The van der Waals surface area contributed by atoms with Crippen molar-refractivity contribution in [2.75, 3.05) is 0 Å². The Labute approximate surface area is 85.2 Å². The van der Waals surface area contributed by atoms with Crippen LogP contribution in [0.2, 0.25) is 0 Å². The Balaban J connectivity index is 2.90. The predicted molar refractivity (Wildman–Crippen MR) is 59.5 cm³/mol. The highest BCUT2D eigenvalue weighted by Gasteiger charge is 2.01. The summed E-state index contributed by atoms with van der Waals surface area (Å²) in [6, 6.07) is 6.06. The van der Waals surface area contributed by atoms with Crippen LogP contribution in [0.15, 0.2) is 28.0 Å². The molecule has 0 aliphatic rings. The van der Waals surface area contributed by atoms with Crippen LogP contribution in [0, 0.1) is 5.92 Å². The van der Waals surface area contributed by atoms with Crippen LogP contribution in [0.5, 0.6) is 0 Å². The van der Waals surface area contributed by atoms with Crippen molar-refractivity contribution in [2.24, 2.45) is 5.92 Å². The van der Waals surface area contributed by atoms with E-state index in [1.165, 1.54) is 5.56 Å². The molecular weight excluding hydrogens is 184 g/mol. The minimum absolute atomic E-state index is 0.672. The molecule has 0 spiro atoms. The van der Waals surface area contributed by atoms with E-state index in [4.69, 9.17) is 0 Å². The van der Waals surface area contributed by atoms with E-state index in [0.717, 1.165) is 16.2 Å². The van der Waals surface area contributed by atoms with Gasteiger partial charge in [-0.1, -0.05) is 13.8 Å². The fourth-order valence-electron chi connectivity index (χ4n) is 1.18. The maximum absolute atomic E-state index is 4.39. The summed E-state index contributed by atoms with van der Waals surface area (Å²) in [4.78, 5) is 2.09. The van der Waals surface area contributed by atoms with Gasteiger partial charge in [0, 0.05) is 9.79 Å². The van der Waals surface area contributed by atoms with E-state index in [1.807, 2.05) is 12.1 Å². The summed E-state index contributed by atoms with van der Waals surface area (Å²) in [5.74, 6) is 0.672. The van der Waals surface area contributed by atoms with E-state index in [2.05, 4.69) is 45.2 Å². The molecule has 1 aromatic rings. The van der Waals surface area contributed by atoms with Gasteiger partial charge in [-0.2, -0.15) is 0 Å². The largest absolute Gasteiger partial charge is 0.143 e. The first-order valence-electron chi connectivity index (χ1n) is 4.10. The molecule has 0 heterocycles. The van der Waals surface area contributed by atoms with Gasteiger partial charge < -0.3 is 0 Å². The molecular formula is C10H14S2. The van der Waals surface area contributed by atoms with Crippen molar-refractivity contribution in [3.05, 3.63) is 23.8 Å². The number of hydrogen-bond acceptors (Lipinski definition) is 2. The van der Waals surface area contributed by atoms with Crippen LogP contribution < -0.4 is 0 Å². The molecule has 1 aromatic carbocycles. The third-order valence-electron chi connectivity index (χ3n) is 1.69. The normalized spacial score (nSPS) is 10.8. The first-order valence-corrected chi connectivity index (χ1v) is 5.00. The van der Waals surface area contributed by atoms with Crippen molar-refractivity contribution < 1.29 is 0 Å². The van der Waals surface area contributed by atoms with Gasteiger partial charge in [0.25, 0.3) is 0 Å². The molecule has 12 heavy (non-hydrogen) atoms. The number of rotatable bonds is 2. The van der Waals surface area contributed by atoms with Gasteiger partial charge in [-0.15, -0.1) is 25.3 Å². The van der Waals surface area contributed by atoms with Crippen molar-refractivity contribution >= 4 is 25.3 Å². The standard InChI is InChI=1S/C10H14S2/c1-7(2)5-8-6-9(11)3-4-10(8)12/h3-4,6-7,11-12H,5H2,1-2H3. The highest BCUT2D eigenvalue weighted by atomic mass is 32.1. The van der Waals surface area contributed by atoms with Crippen molar-refractivity contribution in [1.82, 2.24) is 0 Å². The molecule has 0 unspecified atom stereocenters. The van der Waals surface area contributed by atoms with Gasteiger partial charge in [-0.3, -0.25) is 0 Å². The third-order valence-corrected chi connectivity index (χ3v) is 2.41. The van der Waals surface area contributed by atoms with E-state index in [-0.39, 0.29) is 0 Å². The molecule has 0 atom stereocenters. The van der Waals surface area contributed by atoms with Crippen molar-refractivity contribution in [3.8, 4) is 0 Å². The third kappa shape index (κ3) is 2.76. The molecule has 66 valence electrons. The van der Waals surface area contributed by atoms with Gasteiger partial charge in [0.2, 0.25) is 0 Å². The molecule has 2 heteroatoms. The number of thiol groups is 2. The van der Waals surface area contributed by atoms with Gasteiger partial charge in [0.05, 0.1) is 0 Å². The molecule has 0 saturated heterocycles. The lowest BCUT2D eigenvalue weighted by Gasteiger charge is -2.08. The van der Waals surface area contributed by atoms with E-state index in [0.29, 0.717) is 5.92 Å². The maximum Gasteiger partial charge on any atom is 0.00729 e.